The van der Waals surface area contributed by atoms with Gasteiger partial charge in [0, 0.05) is 35.4 Å². The largest absolute Gasteiger partial charge is 0.494 e. The second kappa shape index (κ2) is 8.38. The second-order valence-electron chi connectivity index (χ2n) is 7.31. The van der Waals surface area contributed by atoms with E-state index in [9.17, 15) is 4.79 Å². The number of benzene rings is 2. The number of anilines is 1. The number of aromatic amines is 1. The fraction of sp³-hybridized carbons (Fsp3) is 0.348. The van der Waals surface area contributed by atoms with Crippen molar-refractivity contribution in [1.82, 2.24) is 9.88 Å². The van der Waals surface area contributed by atoms with Gasteiger partial charge in [-0.2, -0.15) is 0 Å². The summed E-state index contributed by atoms with van der Waals surface area (Å²) in [6, 6.07) is 16.0. The van der Waals surface area contributed by atoms with E-state index in [1.54, 1.807) is 0 Å². The van der Waals surface area contributed by atoms with Gasteiger partial charge < -0.3 is 19.9 Å². The van der Waals surface area contributed by atoms with Crippen molar-refractivity contribution in [1.29, 1.82) is 0 Å². The van der Waals surface area contributed by atoms with E-state index < -0.39 is 0 Å². The molecule has 1 heterocycles. The number of fused-ring (bicyclic) bond motifs is 1. The van der Waals surface area contributed by atoms with Crippen molar-refractivity contribution < 1.29 is 9.53 Å². The molecule has 1 fully saturated rings. The molecule has 1 aliphatic carbocycles. The van der Waals surface area contributed by atoms with E-state index in [0.29, 0.717) is 13.2 Å². The first kappa shape index (κ1) is 18.4. The van der Waals surface area contributed by atoms with Crippen molar-refractivity contribution in [2.24, 2.45) is 0 Å². The number of amides is 2. The van der Waals surface area contributed by atoms with Crippen LogP contribution in [0.2, 0.25) is 0 Å². The molecular formula is C23H27N3O2. The molecule has 1 saturated carbocycles. The van der Waals surface area contributed by atoms with Gasteiger partial charge in [0.25, 0.3) is 0 Å². The van der Waals surface area contributed by atoms with Crippen LogP contribution < -0.4 is 10.1 Å². The van der Waals surface area contributed by atoms with Gasteiger partial charge in [0.2, 0.25) is 0 Å². The number of rotatable bonds is 6. The van der Waals surface area contributed by atoms with Crippen LogP contribution in [0.25, 0.3) is 10.9 Å². The van der Waals surface area contributed by atoms with E-state index in [0.717, 1.165) is 35.4 Å². The van der Waals surface area contributed by atoms with Crippen molar-refractivity contribution >= 4 is 22.6 Å². The Bertz CT molecular complexity index is 926. The molecule has 0 aliphatic heterocycles. The number of ether oxygens (including phenoxy) is 1. The highest BCUT2D eigenvalue weighted by atomic mass is 16.5. The van der Waals surface area contributed by atoms with Crippen LogP contribution in [0.4, 0.5) is 10.5 Å². The van der Waals surface area contributed by atoms with E-state index in [1.807, 2.05) is 54.4 Å². The second-order valence-corrected chi connectivity index (χ2v) is 7.31. The lowest BCUT2D eigenvalue weighted by atomic mass is 10.1. The molecule has 1 aliphatic rings. The number of para-hydroxylation sites is 1. The molecule has 0 radical (unpaired) electrons. The molecule has 146 valence electrons. The summed E-state index contributed by atoms with van der Waals surface area (Å²) in [5.74, 6) is 0.812. The lowest BCUT2D eigenvalue weighted by molar-refractivity contribution is 0.185. The predicted octanol–water partition coefficient (Wildman–Crippen LogP) is 5.54. The molecule has 5 heteroatoms. The Morgan fingerprint density at radius 2 is 1.89 bits per heavy atom. The molecule has 4 rings (SSSR count). The van der Waals surface area contributed by atoms with Gasteiger partial charge in [0.1, 0.15) is 5.75 Å². The van der Waals surface area contributed by atoms with Crippen LogP contribution in [0.5, 0.6) is 5.75 Å². The highest BCUT2D eigenvalue weighted by Crippen LogP contribution is 2.28. The lowest BCUT2D eigenvalue weighted by Gasteiger charge is -2.29. The van der Waals surface area contributed by atoms with Crippen LogP contribution >= 0.6 is 0 Å². The number of carbonyl (C=O) groups excluding carboxylic acids is 1. The average molecular weight is 377 g/mol. The summed E-state index contributed by atoms with van der Waals surface area (Å²) in [4.78, 5) is 18.5. The molecule has 0 bridgehead atoms. The van der Waals surface area contributed by atoms with Crippen LogP contribution in [-0.2, 0) is 6.54 Å². The van der Waals surface area contributed by atoms with Crippen LogP contribution in [0.1, 0.15) is 38.2 Å². The zero-order valence-corrected chi connectivity index (χ0v) is 16.3. The monoisotopic (exact) mass is 377 g/mol. The highest BCUT2D eigenvalue weighted by molar-refractivity contribution is 5.90. The van der Waals surface area contributed by atoms with Gasteiger partial charge >= 0.3 is 6.03 Å². The van der Waals surface area contributed by atoms with Gasteiger partial charge in [-0.25, -0.2) is 4.79 Å². The third-order valence-corrected chi connectivity index (χ3v) is 5.46. The van der Waals surface area contributed by atoms with Crippen molar-refractivity contribution in [3.05, 3.63) is 60.3 Å². The third-order valence-electron chi connectivity index (χ3n) is 5.46. The summed E-state index contributed by atoms with van der Waals surface area (Å²) >= 11 is 0. The van der Waals surface area contributed by atoms with Crippen LogP contribution in [-0.4, -0.2) is 28.6 Å². The Morgan fingerprint density at radius 3 is 2.64 bits per heavy atom. The van der Waals surface area contributed by atoms with Gasteiger partial charge in [-0.15, -0.1) is 0 Å². The molecular weight excluding hydrogens is 350 g/mol. The lowest BCUT2D eigenvalue weighted by Crippen LogP contribution is -2.41. The average Bonchev–Trinajstić information content (AvgIpc) is 3.38. The molecule has 0 unspecified atom stereocenters. The number of aromatic nitrogens is 1. The Balaban J connectivity index is 1.52. The zero-order chi connectivity index (χ0) is 19.3. The number of nitrogens with zero attached hydrogens (tertiary/aromatic N) is 1. The quantitative estimate of drug-likeness (QED) is 0.592. The normalized spacial score (nSPS) is 14.3. The fourth-order valence-corrected chi connectivity index (χ4v) is 4.03. The Morgan fingerprint density at radius 1 is 1.14 bits per heavy atom. The summed E-state index contributed by atoms with van der Waals surface area (Å²) in [6.45, 7) is 3.20. The SMILES string of the molecule is CCOc1ccc(NC(=O)N(Cc2c[nH]c3ccccc23)C2CCCC2)cc1. The number of urea groups is 1. The number of carbonyl (C=O) groups is 1. The van der Waals surface area contributed by atoms with Gasteiger partial charge in [-0.05, 0) is 55.7 Å². The number of hydrogen-bond acceptors (Lipinski definition) is 2. The number of H-pyrrole nitrogens is 1. The summed E-state index contributed by atoms with van der Waals surface area (Å²) in [6.07, 6.45) is 6.53. The van der Waals surface area contributed by atoms with Crippen LogP contribution in [0, 0.1) is 0 Å². The summed E-state index contributed by atoms with van der Waals surface area (Å²) in [5, 5.41) is 4.25. The molecule has 2 aromatic carbocycles. The Labute approximate surface area is 165 Å². The standard InChI is InChI=1S/C23H27N3O2/c1-2-28-20-13-11-18(12-14-20)25-23(27)26(19-7-3-4-8-19)16-17-15-24-22-10-6-5-9-21(17)22/h5-6,9-15,19,24H,2-4,7-8,16H2,1H3,(H,25,27). The van der Waals surface area contributed by atoms with Gasteiger partial charge in [0.05, 0.1) is 6.61 Å². The van der Waals surface area contributed by atoms with E-state index in [1.165, 1.54) is 18.2 Å². The van der Waals surface area contributed by atoms with Crippen molar-refractivity contribution in [3.63, 3.8) is 0 Å². The van der Waals surface area contributed by atoms with E-state index in [4.69, 9.17) is 4.74 Å². The zero-order valence-electron chi connectivity index (χ0n) is 16.3. The van der Waals surface area contributed by atoms with Gasteiger partial charge in [-0.3, -0.25) is 0 Å². The molecule has 5 nitrogen and oxygen atoms in total. The first-order valence-corrected chi connectivity index (χ1v) is 10.1. The minimum atomic E-state index is -0.0404. The molecule has 2 N–H and O–H groups in total. The Kier molecular flexibility index (Phi) is 5.51. The molecule has 2 amide bonds. The van der Waals surface area contributed by atoms with Crippen molar-refractivity contribution in [2.45, 2.75) is 45.2 Å². The summed E-state index contributed by atoms with van der Waals surface area (Å²) in [5.41, 5.74) is 3.05. The smallest absolute Gasteiger partial charge is 0.322 e. The summed E-state index contributed by atoms with van der Waals surface area (Å²) < 4.78 is 5.48. The molecule has 28 heavy (non-hydrogen) atoms. The molecule has 1 aromatic heterocycles. The van der Waals surface area contributed by atoms with Gasteiger partial charge in [0.15, 0.2) is 0 Å². The van der Waals surface area contributed by atoms with E-state index >= 15 is 0 Å². The minimum Gasteiger partial charge on any atom is -0.494 e. The highest BCUT2D eigenvalue weighted by Gasteiger charge is 2.27. The maximum Gasteiger partial charge on any atom is 0.322 e. The number of hydrogen-bond donors (Lipinski definition) is 2. The van der Waals surface area contributed by atoms with Crippen LogP contribution in [0.3, 0.4) is 0 Å². The van der Waals surface area contributed by atoms with E-state index in [2.05, 4.69) is 22.4 Å². The number of nitrogens with one attached hydrogen (secondary N) is 2. The molecule has 0 atom stereocenters. The first-order valence-electron chi connectivity index (χ1n) is 10.1. The van der Waals surface area contributed by atoms with Crippen molar-refractivity contribution in [2.75, 3.05) is 11.9 Å². The van der Waals surface area contributed by atoms with Crippen molar-refractivity contribution in [3.8, 4) is 5.75 Å². The Hall–Kier alpha value is -2.95. The van der Waals surface area contributed by atoms with Gasteiger partial charge in [-0.1, -0.05) is 31.0 Å². The fourth-order valence-electron chi connectivity index (χ4n) is 4.03. The van der Waals surface area contributed by atoms with Crippen LogP contribution in [0.15, 0.2) is 54.7 Å². The first-order chi connectivity index (χ1) is 13.7. The maximum atomic E-state index is 13.1. The third kappa shape index (κ3) is 3.98. The predicted molar refractivity (Wildman–Crippen MR) is 113 cm³/mol. The topological polar surface area (TPSA) is 57.4 Å². The minimum absolute atomic E-state index is 0.0404. The molecule has 0 saturated heterocycles. The molecule has 0 spiro atoms. The maximum absolute atomic E-state index is 13.1. The summed E-state index contributed by atoms with van der Waals surface area (Å²) in [7, 11) is 0. The van der Waals surface area contributed by atoms with E-state index in [-0.39, 0.29) is 12.1 Å². The molecule has 3 aromatic rings.